The van der Waals surface area contributed by atoms with E-state index in [0.717, 1.165) is 60.4 Å². The first-order valence-electron chi connectivity index (χ1n) is 10.6. The zero-order valence-corrected chi connectivity index (χ0v) is 17.3. The number of amides is 1. The van der Waals surface area contributed by atoms with Gasteiger partial charge in [0.1, 0.15) is 5.82 Å². The summed E-state index contributed by atoms with van der Waals surface area (Å²) in [7, 11) is 0. The number of nitrogens with zero attached hydrogens (tertiary/aromatic N) is 2. The summed E-state index contributed by atoms with van der Waals surface area (Å²) in [6, 6.07) is 13.5. The normalized spacial score (nSPS) is 14.1. The van der Waals surface area contributed by atoms with E-state index in [1.807, 2.05) is 47.0 Å². The molecule has 0 radical (unpaired) electrons. The summed E-state index contributed by atoms with van der Waals surface area (Å²) in [5.74, 6) is 0.336. The molecule has 160 valence electrons. The average Bonchev–Trinajstić information content (AvgIpc) is 2.78. The summed E-state index contributed by atoms with van der Waals surface area (Å²) in [6.45, 7) is 1.35. The topological polar surface area (TPSA) is 96.2 Å². The van der Waals surface area contributed by atoms with Gasteiger partial charge in [-0.15, -0.1) is 0 Å². The minimum atomic E-state index is -0.570. The summed E-state index contributed by atoms with van der Waals surface area (Å²) < 4.78 is 1.86. The zero-order valence-electron chi connectivity index (χ0n) is 17.3. The van der Waals surface area contributed by atoms with Crippen LogP contribution in [-0.2, 0) is 24.3 Å². The Hall–Kier alpha value is -3.45. The largest absolute Gasteiger partial charge is 0.381 e. The predicted molar refractivity (Wildman–Crippen MR) is 121 cm³/mol. The molecule has 0 atom stereocenters. The second-order valence-corrected chi connectivity index (χ2v) is 7.79. The third kappa shape index (κ3) is 5.00. The Bertz CT molecular complexity index is 1170. The van der Waals surface area contributed by atoms with Crippen molar-refractivity contribution >= 4 is 28.6 Å². The lowest BCUT2D eigenvalue weighted by molar-refractivity contribution is -0.124. The number of nitrogens with one attached hydrogen (secondary N) is 2. The third-order valence-electron chi connectivity index (χ3n) is 5.58. The number of fused-ring (bicyclic) bond motifs is 2. The Balaban J connectivity index is 1.49. The van der Waals surface area contributed by atoms with Crippen LogP contribution < -0.4 is 16.4 Å². The maximum atomic E-state index is 13.1. The van der Waals surface area contributed by atoms with E-state index in [1.54, 1.807) is 11.6 Å². The molecule has 7 nitrogen and oxygen atoms in total. The lowest BCUT2D eigenvalue weighted by Crippen LogP contribution is -2.26. The van der Waals surface area contributed by atoms with Crippen molar-refractivity contribution in [3.8, 4) is 0 Å². The molecule has 3 aromatic rings. The Kier molecular flexibility index (Phi) is 6.43. The fraction of sp³-hybridized carbons (Fsp3) is 0.292. The van der Waals surface area contributed by atoms with E-state index >= 15 is 0 Å². The highest BCUT2D eigenvalue weighted by molar-refractivity contribution is 5.90. The first kappa shape index (κ1) is 20.8. The van der Waals surface area contributed by atoms with Crippen LogP contribution in [0, 0.1) is 0 Å². The van der Waals surface area contributed by atoms with Crippen molar-refractivity contribution in [3.05, 3.63) is 75.8 Å². The van der Waals surface area contributed by atoms with E-state index in [2.05, 4.69) is 5.32 Å². The SMILES string of the molecule is O=C(/C=C/c1ccc(CNc2ccc3nc4n(c(=O)c3c2)CCCCCC4)cc1)NO. The molecule has 7 heteroatoms. The van der Waals surface area contributed by atoms with E-state index in [9.17, 15) is 9.59 Å². The summed E-state index contributed by atoms with van der Waals surface area (Å²) in [4.78, 5) is 28.9. The smallest absolute Gasteiger partial charge is 0.267 e. The molecule has 1 amide bonds. The Morgan fingerprint density at radius 3 is 2.71 bits per heavy atom. The van der Waals surface area contributed by atoms with Crippen LogP contribution in [0.3, 0.4) is 0 Å². The van der Waals surface area contributed by atoms with Gasteiger partial charge in [-0.25, -0.2) is 10.5 Å². The van der Waals surface area contributed by atoms with Crippen molar-refractivity contribution < 1.29 is 10.0 Å². The van der Waals surface area contributed by atoms with Gasteiger partial charge in [-0.3, -0.25) is 19.4 Å². The molecular formula is C24H26N4O3. The van der Waals surface area contributed by atoms with Gasteiger partial charge in [0.15, 0.2) is 0 Å². The van der Waals surface area contributed by atoms with Gasteiger partial charge in [0.05, 0.1) is 10.9 Å². The standard InChI is InChI=1S/C24H26N4O3/c29-23(27-31)13-10-17-6-8-18(9-7-17)16-25-19-11-12-21-20(15-19)24(30)28-14-4-2-1-3-5-22(28)26-21/h6-13,15,25,31H,1-5,14,16H2,(H,27,29)/b13-10+. The average molecular weight is 418 g/mol. The molecule has 0 saturated heterocycles. The molecule has 0 bridgehead atoms. The number of carbonyl (C=O) groups is 1. The molecule has 2 aromatic carbocycles. The van der Waals surface area contributed by atoms with E-state index in [0.29, 0.717) is 11.9 Å². The van der Waals surface area contributed by atoms with Crippen LogP contribution >= 0.6 is 0 Å². The maximum Gasteiger partial charge on any atom is 0.267 e. The van der Waals surface area contributed by atoms with Gasteiger partial charge in [0, 0.05) is 31.3 Å². The first-order valence-corrected chi connectivity index (χ1v) is 10.6. The van der Waals surface area contributed by atoms with Crippen molar-refractivity contribution in [2.45, 2.75) is 45.2 Å². The fourth-order valence-corrected chi connectivity index (χ4v) is 3.86. The van der Waals surface area contributed by atoms with Crippen LogP contribution in [-0.4, -0.2) is 20.7 Å². The molecule has 4 rings (SSSR count). The van der Waals surface area contributed by atoms with E-state index in [4.69, 9.17) is 10.2 Å². The second kappa shape index (κ2) is 9.57. The van der Waals surface area contributed by atoms with Crippen LogP contribution in [0.15, 0.2) is 53.3 Å². The van der Waals surface area contributed by atoms with Gasteiger partial charge >= 0.3 is 0 Å². The monoisotopic (exact) mass is 418 g/mol. The maximum absolute atomic E-state index is 13.1. The number of anilines is 1. The van der Waals surface area contributed by atoms with Gasteiger partial charge in [-0.05, 0) is 48.2 Å². The first-order chi connectivity index (χ1) is 15.1. The fourth-order valence-electron chi connectivity index (χ4n) is 3.86. The second-order valence-electron chi connectivity index (χ2n) is 7.79. The Morgan fingerprint density at radius 2 is 1.90 bits per heavy atom. The lowest BCUT2D eigenvalue weighted by atomic mass is 10.1. The van der Waals surface area contributed by atoms with Gasteiger partial charge < -0.3 is 5.32 Å². The zero-order chi connectivity index (χ0) is 21.6. The van der Waals surface area contributed by atoms with Crippen LogP contribution in [0.1, 0.15) is 42.6 Å². The highest BCUT2D eigenvalue weighted by atomic mass is 16.5. The van der Waals surface area contributed by atoms with Crippen LogP contribution in [0.5, 0.6) is 0 Å². The molecule has 2 heterocycles. The highest BCUT2D eigenvalue weighted by Crippen LogP contribution is 2.19. The van der Waals surface area contributed by atoms with Crippen molar-refractivity contribution in [2.75, 3.05) is 5.32 Å². The molecule has 1 aliphatic heterocycles. The summed E-state index contributed by atoms with van der Waals surface area (Å²) in [5, 5.41) is 12.5. The van der Waals surface area contributed by atoms with Gasteiger partial charge in [-0.1, -0.05) is 37.1 Å². The number of aryl methyl sites for hydroxylation is 1. The Labute approximate surface area is 180 Å². The number of aromatic nitrogens is 2. The molecule has 1 aromatic heterocycles. The van der Waals surface area contributed by atoms with E-state index in [-0.39, 0.29) is 5.56 Å². The van der Waals surface area contributed by atoms with Crippen LogP contribution in [0.4, 0.5) is 5.69 Å². The van der Waals surface area contributed by atoms with Crippen molar-refractivity contribution in [1.82, 2.24) is 15.0 Å². The minimum Gasteiger partial charge on any atom is -0.381 e. The number of carbonyl (C=O) groups excluding carboxylic acids is 1. The number of benzene rings is 2. The van der Waals surface area contributed by atoms with Crippen molar-refractivity contribution in [2.24, 2.45) is 0 Å². The lowest BCUT2D eigenvalue weighted by Gasteiger charge is -2.16. The molecule has 31 heavy (non-hydrogen) atoms. The molecule has 0 unspecified atom stereocenters. The molecule has 0 saturated carbocycles. The van der Waals surface area contributed by atoms with E-state index in [1.165, 1.54) is 12.5 Å². The number of rotatable bonds is 5. The number of hydrogen-bond acceptors (Lipinski definition) is 5. The summed E-state index contributed by atoms with van der Waals surface area (Å²) >= 11 is 0. The highest BCUT2D eigenvalue weighted by Gasteiger charge is 2.13. The number of hydroxylamine groups is 1. The quantitative estimate of drug-likeness (QED) is 0.334. The van der Waals surface area contributed by atoms with Crippen molar-refractivity contribution in [3.63, 3.8) is 0 Å². The molecule has 0 fully saturated rings. The summed E-state index contributed by atoms with van der Waals surface area (Å²) in [6.07, 6.45) is 8.21. The molecule has 3 N–H and O–H groups in total. The molecular weight excluding hydrogens is 392 g/mol. The van der Waals surface area contributed by atoms with Crippen LogP contribution in [0.2, 0.25) is 0 Å². The molecule has 1 aliphatic rings. The number of hydrogen-bond donors (Lipinski definition) is 3. The van der Waals surface area contributed by atoms with Crippen LogP contribution in [0.25, 0.3) is 17.0 Å². The van der Waals surface area contributed by atoms with Crippen molar-refractivity contribution in [1.29, 1.82) is 0 Å². The minimum absolute atomic E-state index is 0.0496. The molecule has 0 aliphatic carbocycles. The van der Waals surface area contributed by atoms with E-state index < -0.39 is 5.91 Å². The Morgan fingerprint density at radius 1 is 1.10 bits per heavy atom. The van der Waals surface area contributed by atoms with Gasteiger partial charge in [0.25, 0.3) is 11.5 Å². The third-order valence-corrected chi connectivity index (χ3v) is 5.58. The molecule has 0 spiro atoms. The predicted octanol–water partition coefficient (Wildman–Crippen LogP) is 3.64. The summed E-state index contributed by atoms with van der Waals surface area (Å²) in [5.41, 5.74) is 5.16. The van der Waals surface area contributed by atoms with Gasteiger partial charge in [0.2, 0.25) is 0 Å². The van der Waals surface area contributed by atoms with Gasteiger partial charge in [-0.2, -0.15) is 0 Å².